The molecule has 0 saturated heterocycles. The Balaban J connectivity index is 3.73. The molecule has 0 aromatic carbocycles. The summed E-state index contributed by atoms with van der Waals surface area (Å²) in [6.45, 7) is 6.42. The number of rotatable bonds is 9. The molecule has 16 heavy (non-hydrogen) atoms. The summed E-state index contributed by atoms with van der Waals surface area (Å²) in [7, 11) is 0. The number of unbranched alkanes of at least 4 members (excludes halogenated alkanes) is 3. The molecule has 0 aliphatic heterocycles. The lowest BCUT2D eigenvalue weighted by atomic mass is 10.0. The summed E-state index contributed by atoms with van der Waals surface area (Å²) in [5.41, 5.74) is 0. The van der Waals surface area contributed by atoms with E-state index in [-0.39, 0.29) is 11.9 Å². The monoisotopic (exact) mass is 247 g/mol. The third-order valence-electron chi connectivity index (χ3n) is 2.83. The summed E-state index contributed by atoms with van der Waals surface area (Å²) in [6.07, 6.45) is 6.12. The standard InChI is InChI=1S/C13H26ClNO/c1-4-5-6-7-8-13(16)15-12(9-10-14)11(2)3/h11-12H,4-10H2,1-3H3,(H,15,16). The number of alkyl halides is 1. The molecule has 2 nitrogen and oxygen atoms in total. The second-order valence-corrected chi connectivity index (χ2v) is 5.08. The van der Waals surface area contributed by atoms with Crippen LogP contribution < -0.4 is 5.32 Å². The first-order valence-electron chi connectivity index (χ1n) is 6.47. The first kappa shape index (κ1) is 15.8. The second-order valence-electron chi connectivity index (χ2n) is 4.71. The fraction of sp³-hybridized carbons (Fsp3) is 0.923. The van der Waals surface area contributed by atoms with E-state index in [0.29, 0.717) is 18.2 Å². The fourth-order valence-electron chi connectivity index (χ4n) is 1.68. The molecule has 0 aromatic heterocycles. The second kappa shape index (κ2) is 9.95. The van der Waals surface area contributed by atoms with Gasteiger partial charge in [-0.3, -0.25) is 4.79 Å². The van der Waals surface area contributed by atoms with E-state index in [1.165, 1.54) is 12.8 Å². The zero-order valence-corrected chi connectivity index (χ0v) is 11.6. The lowest BCUT2D eigenvalue weighted by Crippen LogP contribution is -2.38. The highest BCUT2D eigenvalue weighted by molar-refractivity contribution is 6.17. The maximum absolute atomic E-state index is 11.6. The topological polar surface area (TPSA) is 29.1 Å². The number of hydrogen-bond acceptors (Lipinski definition) is 1. The molecule has 0 rings (SSSR count). The van der Waals surface area contributed by atoms with E-state index in [1.807, 2.05) is 0 Å². The van der Waals surface area contributed by atoms with Crippen LogP contribution in [0.5, 0.6) is 0 Å². The van der Waals surface area contributed by atoms with E-state index in [4.69, 9.17) is 11.6 Å². The predicted molar refractivity (Wildman–Crippen MR) is 70.9 cm³/mol. The van der Waals surface area contributed by atoms with Gasteiger partial charge in [-0.05, 0) is 18.8 Å². The Labute approximate surface area is 105 Å². The Morgan fingerprint density at radius 2 is 1.94 bits per heavy atom. The van der Waals surface area contributed by atoms with Crippen molar-refractivity contribution in [3.63, 3.8) is 0 Å². The first-order chi connectivity index (χ1) is 7.61. The van der Waals surface area contributed by atoms with Gasteiger partial charge in [-0.2, -0.15) is 0 Å². The van der Waals surface area contributed by atoms with Gasteiger partial charge >= 0.3 is 0 Å². The van der Waals surface area contributed by atoms with Crippen LogP contribution in [0.2, 0.25) is 0 Å². The highest BCUT2D eigenvalue weighted by Gasteiger charge is 2.14. The van der Waals surface area contributed by atoms with Gasteiger partial charge in [-0.15, -0.1) is 11.6 Å². The van der Waals surface area contributed by atoms with E-state index in [0.717, 1.165) is 19.3 Å². The molecule has 0 fully saturated rings. The lowest BCUT2D eigenvalue weighted by Gasteiger charge is -2.21. The summed E-state index contributed by atoms with van der Waals surface area (Å²) < 4.78 is 0. The van der Waals surface area contributed by atoms with Crippen molar-refractivity contribution < 1.29 is 4.79 Å². The molecule has 0 spiro atoms. The van der Waals surface area contributed by atoms with Crippen molar-refractivity contribution in [2.75, 3.05) is 5.88 Å². The molecule has 3 heteroatoms. The minimum atomic E-state index is 0.180. The van der Waals surface area contributed by atoms with E-state index in [2.05, 4.69) is 26.1 Å². The van der Waals surface area contributed by atoms with Crippen LogP contribution in [-0.2, 0) is 4.79 Å². The van der Waals surface area contributed by atoms with Gasteiger partial charge in [0.05, 0.1) is 0 Å². The van der Waals surface area contributed by atoms with Crippen molar-refractivity contribution in [1.29, 1.82) is 0 Å². The van der Waals surface area contributed by atoms with Gasteiger partial charge in [-0.25, -0.2) is 0 Å². The molecule has 0 bridgehead atoms. The number of nitrogens with one attached hydrogen (secondary N) is 1. The molecular formula is C13H26ClNO. The van der Waals surface area contributed by atoms with Crippen LogP contribution in [0.3, 0.4) is 0 Å². The Morgan fingerprint density at radius 3 is 2.44 bits per heavy atom. The molecule has 0 saturated carbocycles. The summed E-state index contributed by atoms with van der Waals surface area (Å²) in [4.78, 5) is 11.6. The van der Waals surface area contributed by atoms with Gasteiger partial charge in [0.25, 0.3) is 0 Å². The molecule has 1 atom stereocenters. The average molecular weight is 248 g/mol. The molecular weight excluding hydrogens is 222 g/mol. The number of amides is 1. The zero-order chi connectivity index (χ0) is 12.4. The summed E-state index contributed by atoms with van der Waals surface area (Å²) >= 11 is 5.72. The van der Waals surface area contributed by atoms with Crippen LogP contribution in [-0.4, -0.2) is 17.8 Å². The molecule has 0 aromatic rings. The molecule has 0 heterocycles. The van der Waals surface area contributed by atoms with Crippen molar-refractivity contribution in [1.82, 2.24) is 5.32 Å². The van der Waals surface area contributed by atoms with Crippen LogP contribution in [0.25, 0.3) is 0 Å². The van der Waals surface area contributed by atoms with E-state index >= 15 is 0 Å². The minimum Gasteiger partial charge on any atom is -0.353 e. The molecule has 0 radical (unpaired) electrons. The Kier molecular flexibility index (Phi) is 9.80. The number of carbonyl (C=O) groups excluding carboxylic acids is 1. The Morgan fingerprint density at radius 1 is 1.25 bits per heavy atom. The molecule has 1 N–H and O–H groups in total. The van der Waals surface area contributed by atoms with Gasteiger partial charge in [0, 0.05) is 18.3 Å². The average Bonchev–Trinajstić information content (AvgIpc) is 2.23. The number of halogens is 1. The molecule has 96 valence electrons. The highest BCUT2D eigenvalue weighted by Crippen LogP contribution is 2.08. The van der Waals surface area contributed by atoms with Crippen molar-refractivity contribution in [3.8, 4) is 0 Å². The van der Waals surface area contributed by atoms with E-state index in [1.54, 1.807) is 0 Å². The summed E-state index contributed by atoms with van der Waals surface area (Å²) in [5, 5.41) is 3.07. The molecule has 0 aliphatic rings. The smallest absolute Gasteiger partial charge is 0.220 e. The number of hydrogen-bond donors (Lipinski definition) is 1. The SMILES string of the molecule is CCCCCCC(=O)NC(CCCl)C(C)C. The van der Waals surface area contributed by atoms with Crippen LogP contribution in [0.1, 0.15) is 59.3 Å². The Hall–Kier alpha value is -0.240. The van der Waals surface area contributed by atoms with Gasteiger partial charge < -0.3 is 5.32 Å². The van der Waals surface area contributed by atoms with Gasteiger partial charge in [0.2, 0.25) is 5.91 Å². The molecule has 0 aliphatic carbocycles. The third-order valence-corrected chi connectivity index (χ3v) is 3.05. The highest BCUT2D eigenvalue weighted by atomic mass is 35.5. The summed E-state index contributed by atoms with van der Waals surface area (Å²) in [6, 6.07) is 0.233. The van der Waals surface area contributed by atoms with Gasteiger partial charge in [0.15, 0.2) is 0 Å². The normalized spacial score (nSPS) is 12.8. The predicted octanol–water partition coefficient (Wildman–Crippen LogP) is 3.73. The van der Waals surface area contributed by atoms with Crippen molar-refractivity contribution in [2.24, 2.45) is 5.92 Å². The zero-order valence-electron chi connectivity index (χ0n) is 10.9. The van der Waals surface area contributed by atoms with E-state index < -0.39 is 0 Å². The van der Waals surface area contributed by atoms with Crippen LogP contribution >= 0.6 is 11.6 Å². The van der Waals surface area contributed by atoms with Crippen molar-refractivity contribution in [2.45, 2.75) is 65.3 Å². The van der Waals surface area contributed by atoms with E-state index in [9.17, 15) is 4.79 Å². The summed E-state index contributed by atoms with van der Waals surface area (Å²) in [5.74, 6) is 1.25. The van der Waals surface area contributed by atoms with Crippen LogP contribution in [0, 0.1) is 5.92 Å². The maximum Gasteiger partial charge on any atom is 0.220 e. The lowest BCUT2D eigenvalue weighted by molar-refractivity contribution is -0.122. The van der Waals surface area contributed by atoms with Crippen LogP contribution in [0.4, 0.5) is 0 Å². The first-order valence-corrected chi connectivity index (χ1v) is 7.00. The number of carbonyl (C=O) groups is 1. The van der Waals surface area contributed by atoms with Crippen molar-refractivity contribution in [3.05, 3.63) is 0 Å². The van der Waals surface area contributed by atoms with Crippen molar-refractivity contribution >= 4 is 17.5 Å². The van der Waals surface area contributed by atoms with Gasteiger partial charge in [-0.1, -0.05) is 40.0 Å². The fourth-order valence-corrected chi connectivity index (χ4v) is 1.92. The largest absolute Gasteiger partial charge is 0.353 e. The molecule has 1 unspecified atom stereocenters. The minimum absolute atomic E-state index is 0.180. The third kappa shape index (κ3) is 7.98. The maximum atomic E-state index is 11.6. The van der Waals surface area contributed by atoms with Gasteiger partial charge in [0.1, 0.15) is 0 Å². The quantitative estimate of drug-likeness (QED) is 0.488. The van der Waals surface area contributed by atoms with Crippen LogP contribution in [0.15, 0.2) is 0 Å². The molecule has 1 amide bonds. The Bertz CT molecular complexity index is 183.